The molecule has 1 aromatic heterocycles. The Morgan fingerprint density at radius 3 is 2.79 bits per heavy atom. The number of carboxylic acids is 1. The normalized spacial score (nSPS) is 11.5. The van der Waals surface area contributed by atoms with Crippen molar-refractivity contribution in [3.8, 4) is 5.75 Å². The Labute approximate surface area is 142 Å². The van der Waals surface area contributed by atoms with Crippen molar-refractivity contribution in [3.05, 3.63) is 59.9 Å². The van der Waals surface area contributed by atoms with E-state index < -0.39 is 5.97 Å². The predicted molar refractivity (Wildman–Crippen MR) is 94.9 cm³/mol. The summed E-state index contributed by atoms with van der Waals surface area (Å²) in [5.41, 5.74) is 1.55. The van der Waals surface area contributed by atoms with Crippen LogP contribution in [0.1, 0.15) is 17.5 Å². The molecule has 5 nitrogen and oxygen atoms in total. The van der Waals surface area contributed by atoms with Gasteiger partial charge in [0.05, 0.1) is 12.2 Å². The fourth-order valence-corrected chi connectivity index (χ4v) is 2.22. The van der Waals surface area contributed by atoms with Crippen LogP contribution in [0.4, 0.5) is 0 Å². The minimum atomic E-state index is -0.986. The summed E-state index contributed by atoms with van der Waals surface area (Å²) in [6, 6.07) is 10.9. The number of ether oxygens (including phenoxy) is 1. The second-order valence-electron chi connectivity index (χ2n) is 5.68. The number of rotatable bonds is 8. The Morgan fingerprint density at radius 2 is 2.12 bits per heavy atom. The first-order valence-electron chi connectivity index (χ1n) is 7.79. The van der Waals surface area contributed by atoms with Gasteiger partial charge in [-0.2, -0.15) is 0 Å². The lowest BCUT2D eigenvalue weighted by molar-refractivity contribution is -0.130. The van der Waals surface area contributed by atoms with Crippen molar-refractivity contribution in [2.75, 3.05) is 27.2 Å². The minimum absolute atomic E-state index is 0.202. The monoisotopic (exact) mass is 326 g/mol. The number of carbonyl (C=O) groups is 1. The zero-order chi connectivity index (χ0) is 17.4. The van der Waals surface area contributed by atoms with Crippen LogP contribution in [-0.2, 0) is 4.79 Å². The summed E-state index contributed by atoms with van der Waals surface area (Å²) in [4.78, 5) is 17.6. The first kappa shape index (κ1) is 17.7. The van der Waals surface area contributed by atoms with Crippen molar-refractivity contribution < 1.29 is 14.6 Å². The first-order valence-corrected chi connectivity index (χ1v) is 7.79. The molecule has 0 bridgehead atoms. The molecule has 0 aliphatic heterocycles. The number of nitrogens with zero attached hydrogens (tertiary/aromatic N) is 2. The SMILES string of the molecule is CN(C)CCCOc1cccc(/C=C(/C(=O)O)c2cccnc2)c1. The van der Waals surface area contributed by atoms with Crippen LogP contribution in [0.2, 0.25) is 0 Å². The molecule has 126 valence electrons. The molecule has 0 unspecified atom stereocenters. The van der Waals surface area contributed by atoms with E-state index in [1.165, 1.54) is 0 Å². The lowest BCUT2D eigenvalue weighted by Gasteiger charge is -2.10. The quantitative estimate of drug-likeness (QED) is 0.597. The number of carboxylic acid groups (broad SMARTS) is 1. The van der Waals surface area contributed by atoms with Gasteiger partial charge >= 0.3 is 5.97 Å². The van der Waals surface area contributed by atoms with Gasteiger partial charge in [-0.1, -0.05) is 18.2 Å². The van der Waals surface area contributed by atoms with E-state index in [1.807, 2.05) is 38.4 Å². The maximum Gasteiger partial charge on any atom is 0.336 e. The summed E-state index contributed by atoms with van der Waals surface area (Å²) in [5, 5.41) is 9.45. The molecule has 1 N–H and O–H groups in total. The molecule has 2 rings (SSSR count). The maximum absolute atomic E-state index is 11.5. The summed E-state index contributed by atoms with van der Waals surface area (Å²) in [6.07, 6.45) is 5.72. The van der Waals surface area contributed by atoms with Crippen LogP contribution in [-0.4, -0.2) is 48.2 Å². The second-order valence-corrected chi connectivity index (χ2v) is 5.68. The zero-order valence-electron chi connectivity index (χ0n) is 14.0. The van der Waals surface area contributed by atoms with E-state index in [0.717, 1.165) is 24.3 Å². The van der Waals surface area contributed by atoms with Gasteiger partial charge in [0, 0.05) is 24.5 Å². The summed E-state index contributed by atoms with van der Waals surface area (Å²) in [5.74, 6) is -0.251. The number of benzene rings is 1. The Bertz CT molecular complexity index is 697. The summed E-state index contributed by atoms with van der Waals surface area (Å²) < 4.78 is 5.73. The van der Waals surface area contributed by atoms with Gasteiger partial charge in [-0.3, -0.25) is 4.98 Å². The first-order chi connectivity index (χ1) is 11.6. The third-order valence-electron chi connectivity index (χ3n) is 3.39. The Kier molecular flexibility index (Phi) is 6.51. The third-order valence-corrected chi connectivity index (χ3v) is 3.39. The van der Waals surface area contributed by atoms with Gasteiger partial charge in [0.1, 0.15) is 5.75 Å². The van der Waals surface area contributed by atoms with Crippen LogP contribution in [0, 0.1) is 0 Å². The highest BCUT2D eigenvalue weighted by Gasteiger charge is 2.10. The van der Waals surface area contributed by atoms with Gasteiger partial charge in [-0.05, 0) is 50.4 Å². The number of pyridine rings is 1. The summed E-state index contributed by atoms with van der Waals surface area (Å²) in [6.45, 7) is 1.59. The highest BCUT2D eigenvalue weighted by Crippen LogP contribution is 2.21. The van der Waals surface area contributed by atoms with Crippen LogP contribution in [0.3, 0.4) is 0 Å². The average molecular weight is 326 g/mol. The molecule has 0 aliphatic rings. The third kappa shape index (κ3) is 5.52. The molecule has 0 atom stereocenters. The van der Waals surface area contributed by atoms with Gasteiger partial charge in [0.15, 0.2) is 0 Å². The largest absolute Gasteiger partial charge is 0.494 e. The highest BCUT2D eigenvalue weighted by atomic mass is 16.5. The van der Waals surface area contributed by atoms with Crippen LogP contribution < -0.4 is 4.74 Å². The molecule has 0 saturated carbocycles. The van der Waals surface area contributed by atoms with Gasteiger partial charge in [-0.25, -0.2) is 4.79 Å². The van der Waals surface area contributed by atoms with Crippen molar-refractivity contribution in [1.82, 2.24) is 9.88 Å². The molecule has 0 saturated heterocycles. The van der Waals surface area contributed by atoms with Crippen LogP contribution in [0.5, 0.6) is 5.75 Å². The Hall–Kier alpha value is -2.66. The molecular formula is C19H22N2O3. The number of hydrogen-bond acceptors (Lipinski definition) is 4. The Balaban J connectivity index is 2.13. The predicted octanol–water partition coefficient (Wildman–Crippen LogP) is 3.04. The van der Waals surface area contributed by atoms with E-state index >= 15 is 0 Å². The van der Waals surface area contributed by atoms with Gasteiger partial charge < -0.3 is 14.7 Å². The average Bonchev–Trinajstić information content (AvgIpc) is 2.57. The van der Waals surface area contributed by atoms with Gasteiger partial charge in [0.25, 0.3) is 0 Å². The number of aliphatic carboxylic acids is 1. The van der Waals surface area contributed by atoms with Crippen molar-refractivity contribution in [1.29, 1.82) is 0 Å². The van der Waals surface area contributed by atoms with Gasteiger partial charge in [-0.15, -0.1) is 0 Å². The van der Waals surface area contributed by atoms with Crippen LogP contribution in [0.25, 0.3) is 11.6 Å². The van der Waals surface area contributed by atoms with E-state index in [2.05, 4.69) is 9.88 Å². The molecule has 0 radical (unpaired) electrons. The highest BCUT2D eigenvalue weighted by molar-refractivity contribution is 6.20. The molecule has 5 heteroatoms. The number of hydrogen-bond donors (Lipinski definition) is 1. The zero-order valence-corrected chi connectivity index (χ0v) is 14.0. The standard InChI is InChI=1S/C19H22N2O3/c1-21(2)10-5-11-24-17-8-3-6-15(12-17)13-18(19(22)23)16-7-4-9-20-14-16/h3-4,6-9,12-14H,5,10-11H2,1-2H3,(H,22,23)/b18-13+. The molecule has 1 heterocycles. The van der Waals surface area contributed by atoms with Crippen LogP contribution >= 0.6 is 0 Å². The fraction of sp³-hybridized carbons (Fsp3) is 0.263. The fourth-order valence-electron chi connectivity index (χ4n) is 2.22. The van der Waals surface area contributed by atoms with E-state index in [-0.39, 0.29) is 5.57 Å². The summed E-state index contributed by atoms with van der Waals surface area (Å²) >= 11 is 0. The van der Waals surface area contributed by atoms with Crippen molar-refractivity contribution in [2.45, 2.75) is 6.42 Å². The second kappa shape index (κ2) is 8.84. The molecule has 0 fully saturated rings. The molecule has 2 aromatic rings. The molecule has 0 aliphatic carbocycles. The molecule has 1 aromatic carbocycles. The topological polar surface area (TPSA) is 62.7 Å². The van der Waals surface area contributed by atoms with E-state index in [9.17, 15) is 9.90 Å². The van der Waals surface area contributed by atoms with Crippen molar-refractivity contribution in [2.24, 2.45) is 0 Å². The van der Waals surface area contributed by atoms with Crippen molar-refractivity contribution in [3.63, 3.8) is 0 Å². The Morgan fingerprint density at radius 1 is 1.29 bits per heavy atom. The maximum atomic E-state index is 11.5. The number of aromatic nitrogens is 1. The lowest BCUT2D eigenvalue weighted by atomic mass is 10.0. The van der Waals surface area contributed by atoms with E-state index in [4.69, 9.17) is 4.74 Å². The molecule has 0 spiro atoms. The summed E-state index contributed by atoms with van der Waals surface area (Å²) in [7, 11) is 4.05. The van der Waals surface area contributed by atoms with Crippen molar-refractivity contribution >= 4 is 17.6 Å². The van der Waals surface area contributed by atoms with Gasteiger partial charge in [0.2, 0.25) is 0 Å². The van der Waals surface area contributed by atoms with E-state index in [0.29, 0.717) is 12.2 Å². The van der Waals surface area contributed by atoms with E-state index in [1.54, 1.807) is 30.6 Å². The smallest absolute Gasteiger partial charge is 0.336 e. The molecular weight excluding hydrogens is 304 g/mol. The molecule has 24 heavy (non-hydrogen) atoms. The minimum Gasteiger partial charge on any atom is -0.494 e. The molecule has 0 amide bonds. The van der Waals surface area contributed by atoms with Crippen LogP contribution in [0.15, 0.2) is 48.8 Å². The lowest BCUT2D eigenvalue weighted by Crippen LogP contribution is -2.15.